The van der Waals surface area contributed by atoms with Crippen molar-refractivity contribution >= 4 is 34.1 Å². The summed E-state index contributed by atoms with van der Waals surface area (Å²) >= 11 is 6.00. The van der Waals surface area contributed by atoms with Gasteiger partial charge in [0.2, 0.25) is 5.91 Å². The molecule has 1 amide bonds. The molecule has 1 N–H and O–H groups in total. The van der Waals surface area contributed by atoms with Crippen LogP contribution in [-0.4, -0.2) is 18.0 Å². The molecule has 1 heterocycles. The van der Waals surface area contributed by atoms with Gasteiger partial charge in [0.1, 0.15) is 5.75 Å². The molecule has 0 aliphatic heterocycles. The molecular formula is C18H15ClN2O2. The van der Waals surface area contributed by atoms with Crippen LogP contribution in [0.1, 0.15) is 5.56 Å². The summed E-state index contributed by atoms with van der Waals surface area (Å²) < 4.78 is 5.27. The highest BCUT2D eigenvalue weighted by Crippen LogP contribution is 2.25. The first kappa shape index (κ1) is 15.3. The number of hydrogen-bond acceptors (Lipinski definition) is 3. The van der Waals surface area contributed by atoms with Gasteiger partial charge in [-0.15, -0.1) is 0 Å². The third-order valence-electron chi connectivity index (χ3n) is 3.51. The van der Waals surface area contributed by atoms with E-state index in [1.165, 1.54) is 0 Å². The molecule has 0 atom stereocenters. The van der Waals surface area contributed by atoms with Crippen LogP contribution in [-0.2, 0) is 11.2 Å². The Morgan fingerprint density at radius 1 is 1.22 bits per heavy atom. The summed E-state index contributed by atoms with van der Waals surface area (Å²) in [7, 11) is 1.57. The summed E-state index contributed by atoms with van der Waals surface area (Å²) in [5, 5.41) is 4.40. The second-order valence-corrected chi connectivity index (χ2v) is 5.49. The van der Waals surface area contributed by atoms with Gasteiger partial charge in [0.25, 0.3) is 0 Å². The van der Waals surface area contributed by atoms with E-state index in [0.29, 0.717) is 10.8 Å². The number of fused-ring (bicyclic) bond motifs is 1. The van der Waals surface area contributed by atoms with Gasteiger partial charge in [0, 0.05) is 22.2 Å². The molecular weight excluding hydrogens is 312 g/mol. The fourth-order valence-electron chi connectivity index (χ4n) is 2.47. The van der Waals surface area contributed by atoms with Crippen molar-refractivity contribution in [3.63, 3.8) is 0 Å². The minimum Gasteiger partial charge on any atom is -0.496 e. The Hall–Kier alpha value is -2.59. The Labute approximate surface area is 139 Å². The average Bonchev–Trinajstić information content (AvgIpc) is 2.55. The summed E-state index contributed by atoms with van der Waals surface area (Å²) in [5.74, 6) is 0.506. The van der Waals surface area contributed by atoms with Crippen LogP contribution >= 0.6 is 11.6 Å². The molecule has 0 unspecified atom stereocenters. The van der Waals surface area contributed by atoms with Crippen LogP contribution in [0, 0.1) is 0 Å². The molecule has 0 saturated heterocycles. The lowest BCUT2D eigenvalue weighted by Gasteiger charge is -2.11. The molecule has 0 spiro atoms. The Morgan fingerprint density at radius 3 is 2.91 bits per heavy atom. The average molecular weight is 327 g/mol. The van der Waals surface area contributed by atoms with Gasteiger partial charge >= 0.3 is 0 Å². The number of nitrogens with zero attached hydrogens (tertiary/aromatic N) is 1. The van der Waals surface area contributed by atoms with Crippen LogP contribution in [0.3, 0.4) is 0 Å². The fourth-order valence-corrected chi connectivity index (χ4v) is 2.66. The van der Waals surface area contributed by atoms with Gasteiger partial charge in [-0.2, -0.15) is 0 Å². The molecule has 0 aliphatic rings. The SMILES string of the molecule is COc1ccc(Cl)cc1CC(=O)Nc1cccc2ncccc12. The minimum absolute atomic E-state index is 0.137. The van der Waals surface area contributed by atoms with E-state index >= 15 is 0 Å². The van der Waals surface area contributed by atoms with Crippen LogP contribution in [0.4, 0.5) is 5.69 Å². The monoisotopic (exact) mass is 326 g/mol. The van der Waals surface area contributed by atoms with Crippen LogP contribution in [0.5, 0.6) is 5.75 Å². The number of ether oxygens (including phenoxy) is 1. The van der Waals surface area contributed by atoms with E-state index in [0.717, 1.165) is 22.2 Å². The van der Waals surface area contributed by atoms with Gasteiger partial charge in [-0.25, -0.2) is 0 Å². The predicted octanol–water partition coefficient (Wildman–Crippen LogP) is 4.08. The maximum atomic E-state index is 12.4. The van der Waals surface area contributed by atoms with Gasteiger partial charge in [0.15, 0.2) is 0 Å². The fraction of sp³-hybridized carbons (Fsp3) is 0.111. The minimum atomic E-state index is -0.137. The molecule has 3 aromatic rings. The number of halogens is 1. The standard InChI is InChI=1S/C18H15ClN2O2/c1-23-17-8-7-13(19)10-12(17)11-18(22)21-16-6-2-5-15-14(16)4-3-9-20-15/h2-10H,11H2,1H3,(H,21,22). The van der Waals surface area contributed by atoms with Crippen molar-refractivity contribution in [3.05, 3.63) is 65.3 Å². The maximum Gasteiger partial charge on any atom is 0.228 e. The highest BCUT2D eigenvalue weighted by Gasteiger charge is 2.11. The number of aromatic nitrogens is 1. The number of benzene rings is 2. The lowest BCUT2D eigenvalue weighted by atomic mass is 10.1. The zero-order valence-electron chi connectivity index (χ0n) is 12.5. The van der Waals surface area contributed by atoms with Crippen molar-refractivity contribution in [1.29, 1.82) is 0 Å². The summed E-state index contributed by atoms with van der Waals surface area (Å²) in [5.41, 5.74) is 2.32. The number of rotatable bonds is 4. The van der Waals surface area contributed by atoms with Crippen molar-refractivity contribution in [2.75, 3.05) is 12.4 Å². The molecule has 0 fully saturated rings. The summed E-state index contributed by atoms with van der Waals surface area (Å²) in [4.78, 5) is 16.7. The number of carbonyl (C=O) groups is 1. The zero-order chi connectivity index (χ0) is 16.2. The van der Waals surface area contributed by atoms with Gasteiger partial charge in [-0.05, 0) is 42.5 Å². The first-order chi connectivity index (χ1) is 11.2. The third kappa shape index (κ3) is 3.43. The number of carbonyl (C=O) groups excluding carboxylic acids is 1. The Morgan fingerprint density at radius 2 is 2.09 bits per heavy atom. The first-order valence-corrected chi connectivity index (χ1v) is 7.51. The number of anilines is 1. The molecule has 2 aromatic carbocycles. The van der Waals surface area contributed by atoms with Crippen LogP contribution in [0.25, 0.3) is 10.9 Å². The highest BCUT2D eigenvalue weighted by atomic mass is 35.5. The number of pyridine rings is 1. The molecule has 116 valence electrons. The predicted molar refractivity (Wildman–Crippen MR) is 92.1 cm³/mol. The summed E-state index contributed by atoms with van der Waals surface area (Å²) in [6, 6.07) is 14.6. The van der Waals surface area contributed by atoms with Gasteiger partial charge in [0.05, 0.1) is 24.7 Å². The first-order valence-electron chi connectivity index (χ1n) is 7.13. The topological polar surface area (TPSA) is 51.2 Å². The number of methoxy groups -OCH3 is 1. The number of amides is 1. The van der Waals surface area contributed by atoms with E-state index in [-0.39, 0.29) is 12.3 Å². The van der Waals surface area contributed by atoms with Gasteiger partial charge < -0.3 is 10.1 Å². The highest BCUT2D eigenvalue weighted by molar-refractivity contribution is 6.30. The van der Waals surface area contributed by atoms with Crippen molar-refractivity contribution in [1.82, 2.24) is 4.98 Å². The molecule has 0 radical (unpaired) electrons. The van der Waals surface area contributed by atoms with E-state index in [2.05, 4.69) is 10.3 Å². The number of nitrogens with one attached hydrogen (secondary N) is 1. The van der Waals surface area contributed by atoms with Gasteiger partial charge in [-0.3, -0.25) is 9.78 Å². The molecule has 1 aromatic heterocycles. The van der Waals surface area contributed by atoms with Crippen molar-refractivity contribution in [2.45, 2.75) is 6.42 Å². The molecule has 0 bridgehead atoms. The molecule has 0 aliphatic carbocycles. The second-order valence-electron chi connectivity index (χ2n) is 5.06. The number of hydrogen-bond donors (Lipinski definition) is 1. The Kier molecular flexibility index (Phi) is 4.44. The van der Waals surface area contributed by atoms with E-state index in [1.54, 1.807) is 31.5 Å². The van der Waals surface area contributed by atoms with Crippen LogP contribution < -0.4 is 10.1 Å². The molecule has 23 heavy (non-hydrogen) atoms. The summed E-state index contributed by atoms with van der Waals surface area (Å²) in [6.45, 7) is 0. The van der Waals surface area contributed by atoms with Crippen molar-refractivity contribution in [2.24, 2.45) is 0 Å². The Bertz CT molecular complexity index is 859. The third-order valence-corrected chi connectivity index (χ3v) is 3.75. The second kappa shape index (κ2) is 6.67. The normalized spacial score (nSPS) is 10.5. The Balaban J connectivity index is 1.83. The molecule has 3 rings (SSSR count). The molecule has 5 heteroatoms. The lowest BCUT2D eigenvalue weighted by Crippen LogP contribution is -2.15. The lowest BCUT2D eigenvalue weighted by molar-refractivity contribution is -0.115. The zero-order valence-corrected chi connectivity index (χ0v) is 13.3. The van der Waals surface area contributed by atoms with E-state index in [9.17, 15) is 4.79 Å². The van der Waals surface area contributed by atoms with Gasteiger partial charge in [-0.1, -0.05) is 17.7 Å². The van der Waals surface area contributed by atoms with Crippen molar-refractivity contribution in [3.8, 4) is 5.75 Å². The van der Waals surface area contributed by atoms with E-state index in [1.807, 2.05) is 30.3 Å². The maximum absolute atomic E-state index is 12.4. The van der Waals surface area contributed by atoms with Crippen LogP contribution in [0.15, 0.2) is 54.7 Å². The van der Waals surface area contributed by atoms with E-state index in [4.69, 9.17) is 16.3 Å². The molecule has 0 saturated carbocycles. The van der Waals surface area contributed by atoms with Crippen molar-refractivity contribution < 1.29 is 9.53 Å². The van der Waals surface area contributed by atoms with E-state index < -0.39 is 0 Å². The summed E-state index contributed by atoms with van der Waals surface area (Å²) in [6.07, 6.45) is 1.91. The quantitative estimate of drug-likeness (QED) is 0.786. The smallest absolute Gasteiger partial charge is 0.228 e. The van der Waals surface area contributed by atoms with Crippen LogP contribution in [0.2, 0.25) is 5.02 Å². The molecule has 4 nitrogen and oxygen atoms in total. The largest absolute Gasteiger partial charge is 0.496 e.